The standard InChI is InChI=1S/C16H17N5O3/c1-10-4-5-12(15-17-6-7-23-15)8-13(10)19-16(22)21(3)9-14-18-11(2)24-20-14/h4-8H,9H2,1-3H3,(H,19,22). The third kappa shape index (κ3) is 3.43. The van der Waals surface area contributed by atoms with E-state index in [1.165, 1.54) is 11.2 Å². The van der Waals surface area contributed by atoms with E-state index >= 15 is 0 Å². The van der Waals surface area contributed by atoms with Gasteiger partial charge in [-0.1, -0.05) is 11.2 Å². The molecule has 0 spiro atoms. The van der Waals surface area contributed by atoms with Crippen molar-refractivity contribution in [1.29, 1.82) is 0 Å². The zero-order valence-electron chi connectivity index (χ0n) is 13.6. The molecule has 1 N–H and O–H groups in total. The molecular weight excluding hydrogens is 310 g/mol. The smallest absolute Gasteiger partial charge is 0.322 e. The van der Waals surface area contributed by atoms with Crippen molar-refractivity contribution < 1.29 is 13.7 Å². The molecule has 3 rings (SSSR count). The second-order valence-electron chi connectivity index (χ2n) is 5.38. The minimum atomic E-state index is -0.273. The number of nitrogens with zero attached hydrogens (tertiary/aromatic N) is 4. The number of amides is 2. The van der Waals surface area contributed by atoms with Crippen LogP contribution in [0.2, 0.25) is 0 Å². The molecule has 0 bridgehead atoms. The van der Waals surface area contributed by atoms with E-state index in [9.17, 15) is 4.79 Å². The van der Waals surface area contributed by atoms with Crippen molar-refractivity contribution in [3.8, 4) is 11.5 Å². The Balaban J connectivity index is 1.72. The third-order valence-corrected chi connectivity index (χ3v) is 3.45. The van der Waals surface area contributed by atoms with Crippen molar-refractivity contribution in [3.63, 3.8) is 0 Å². The molecule has 2 amide bonds. The number of anilines is 1. The van der Waals surface area contributed by atoms with E-state index in [4.69, 9.17) is 8.94 Å². The Morgan fingerprint density at radius 3 is 2.83 bits per heavy atom. The van der Waals surface area contributed by atoms with Crippen LogP contribution in [0.4, 0.5) is 10.5 Å². The molecule has 0 saturated heterocycles. The largest absolute Gasteiger partial charge is 0.445 e. The van der Waals surface area contributed by atoms with Crippen molar-refractivity contribution in [3.05, 3.63) is 47.9 Å². The van der Waals surface area contributed by atoms with E-state index in [0.717, 1.165) is 11.1 Å². The summed E-state index contributed by atoms with van der Waals surface area (Å²) in [4.78, 5) is 22.0. The Kier molecular flexibility index (Phi) is 4.28. The number of benzene rings is 1. The van der Waals surface area contributed by atoms with Crippen molar-refractivity contribution in [2.45, 2.75) is 20.4 Å². The molecule has 8 nitrogen and oxygen atoms in total. The summed E-state index contributed by atoms with van der Waals surface area (Å²) >= 11 is 0. The topological polar surface area (TPSA) is 97.3 Å². The van der Waals surface area contributed by atoms with Gasteiger partial charge in [0.2, 0.25) is 11.8 Å². The predicted molar refractivity (Wildman–Crippen MR) is 86.2 cm³/mol. The maximum absolute atomic E-state index is 12.4. The van der Waals surface area contributed by atoms with Crippen LogP contribution in [-0.2, 0) is 6.54 Å². The zero-order chi connectivity index (χ0) is 17.1. The Labute approximate surface area is 138 Å². The lowest BCUT2D eigenvalue weighted by Gasteiger charge is -2.17. The van der Waals surface area contributed by atoms with E-state index < -0.39 is 0 Å². The maximum atomic E-state index is 12.4. The van der Waals surface area contributed by atoms with E-state index in [2.05, 4.69) is 20.4 Å². The number of rotatable bonds is 4. The molecule has 0 aliphatic rings. The quantitative estimate of drug-likeness (QED) is 0.791. The summed E-state index contributed by atoms with van der Waals surface area (Å²) in [7, 11) is 1.66. The number of carbonyl (C=O) groups excluding carboxylic acids is 1. The number of carbonyl (C=O) groups is 1. The van der Waals surface area contributed by atoms with E-state index in [1.54, 1.807) is 20.2 Å². The van der Waals surface area contributed by atoms with Gasteiger partial charge in [-0.25, -0.2) is 9.78 Å². The lowest BCUT2D eigenvalue weighted by atomic mass is 10.1. The Bertz CT molecular complexity index is 841. The fraction of sp³-hybridized carbons (Fsp3) is 0.250. The van der Waals surface area contributed by atoms with Gasteiger partial charge in [0.15, 0.2) is 5.82 Å². The summed E-state index contributed by atoms with van der Waals surface area (Å²) in [6.07, 6.45) is 3.09. The molecule has 124 valence electrons. The van der Waals surface area contributed by atoms with Crippen LogP contribution in [0.5, 0.6) is 0 Å². The average Bonchev–Trinajstić information content (AvgIpc) is 3.21. The summed E-state index contributed by atoms with van der Waals surface area (Å²) in [6, 6.07) is 5.34. The molecule has 1 aromatic carbocycles. The number of nitrogens with one attached hydrogen (secondary N) is 1. The lowest BCUT2D eigenvalue weighted by molar-refractivity contribution is 0.219. The van der Waals surface area contributed by atoms with Crippen molar-refractivity contribution >= 4 is 11.7 Å². The highest BCUT2D eigenvalue weighted by Gasteiger charge is 2.14. The summed E-state index contributed by atoms with van der Waals surface area (Å²) in [5, 5.41) is 6.65. The molecule has 3 aromatic rings. The average molecular weight is 327 g/mol. The summed E-state index contributed by atoms with van der Waals surface area (Å²) < 4.78 is 10.2. The molecule has 0 unspecified atom stereocenters. The van der Waals surface area contributed by atoms with Gasteiger partial charge >= 0.3 is 6.03 Å². The van der Waals surface area contributed by atoms with Gasteiger partial charge in [-0.15, -0.1) is 0 Å². The molecular formula is C16H17N5O3. The number of oxazole rings is 1. The second kappa shape index (κ2) is 6.53. The molecule has 2 aromatic heterocycles. The minimum Gasteiger partial charge on any atom is -0.445 e. The maximum Gasteiger partial charge on any atom is 0.322 e. The van der Waals surface area contributed by atoms with Gasteiger partial charge in [0.05, 0.1) is 12.7 Å². The molecule has 0 aliphatic heterocycles. The van der Waals surface area contributed by atoms with E-state index in [0.29, 0.717) is 23.3 Å². The van der Waals surface area contributed by atoms with Crippen molar-refractivity contribution in [1.82, 2.24) is 20.0 Å². The zero-order valence-corrected chi connectivity index (χ0v) is 13.6. The highest BCUT2D eigenvalue weighted by molar-refractivity contribution is 5.90. The third-order valence-electron chi connectivity index (χ3n) is 3.45. The SMILES string of the molecule is Cc1nc(CN(C)C(=O)Nc2cc(-c3ncco3)ccc2C)no1. The predicted octanol–water partition coefficient (Wildman–Crippen LogP) is 3.01. The normalized spacial score (nSPS) is 10.6. The van der Waals surface area contributed by atoms with Crippen LogP contribution in [0.3, 0.4) is 0 Å². The van der Waals surface area contributed by atoms with Crippen LogP contribution < -0.4 is 5.32 Å². The number of aryl methyl sites for hydroxylation is 2. The number of hydrogen-bond acceptors (Lipinski definition) is 6. The molecule has 24 heavy (non-hydrogen) atoms. The molecule has 0 atom stereocenters. The summed E-state index contributed by atoms with van der Waals surface area (Å²) in [5.41, 5.74) is 2.41. The van der Waals surface area contributed by atoms with Gasteiger partial charge in [0.25, 0.3) is 0 Å². The first-order valence-corrected chi connectivity index (χ1v) is 7.35. The summed E-state index contributed by atoms with van der Waals surface area (Å²) in [6.45, 7) is 3.87. The Morgan fingerprint density at radius 2 is 2.17 bits per heavy atom. The Hall–Kier alpha value is -3.16. The van der Waals surface area contributed by atoms with Gasteiger partial charge in [-0.2, -0.15) is 4.98 Å². The van der Waals surface area contributed by atoms with Gasteiger partial charge in [-0.3, -0.25) is 0 Å². The number of hydrogen-bond donors (Lipinski definition) is 1. The van der Waals surface area contributed by atoms with Crippen molar-refractivity contribution in [2.75, 3.05) is 12.4 Å². The fourth-order valence-electron chi connectivity index (χ4n) is 2.16. The fourth-order valence-corrected chi connectivity index (χ4v) is 2.16. The number of urea groups is 1. The van der Waals surface area contributed by atoms with E-state index in [-0.39, 0.29) is 12.6 Å². The van der Waals surface area contributed by atoms with Gasteiger partial charge in [-0.05, 0) is 24.6 Å². The molecule has 0 radical (unpaired) electrons. The first kappa shape index (κ1) is 15.7. The molecule has 0 aliphatic carbocycles. The van der Waals surface area contributed by atoms with Crippen molar-refractivity contribution in [2.24, 2.45) is 0 Å². The minimum absolute atomic E-state index is 0.252. The monoisotopic (exact) mass is 327 g/mol. The van der Waals surface area contributed by atoms with Gasteiger partial charge in [0.1, 0.15) is 6.26 Å². The number of aromatic nitrogens is 3. The highest BCUT2D eigenvalue weighted by Crippen LogP contribution is 2.24. The Morgan fingerprint density at radius 1 is 1.33 bits per heavy atom. The lowest BCUT2D eigenvalue weighted by Crippen LogP contribution is -2.31. The molecule has 2 heterocycles. The van der Waals surface area contributed by atoms with Gasteiger partial charge < -0.3 is 19.2 Å². The first-order chi connectivity index (χ1) is 11.5. The van der Waals surface area contributed by atoms with Crippen LogP contribution in [0.25, 0.3) is 11.5 Å². The summed E-state index contributed by atoms with van der Waals surface area (Å²) in [5.74, 6) is 1.42. The molecule has 8 heteroatoms. The van der Waals surface area contributed by atoms with Crippen LogP contribution in [-0.4, -0.2) is 33.1 Å². The second-order valence-corrected chi connectivity index (χ2v) is 5.38. The molecule has 0 fully saturated rings. The van der Waals surface area contributed by atoms with Crippen LogP contribution in [0.15, 0.2) is 39.6 Å². The first-order valence-electron chi connectivity index (χ1n) is 7.35. The van der Waals surface area contributed by atoms with E-state index in [1.807, 2.05) is 25.1 Å². The van der Waals surface area contributed by atoms with Gasteiger partial charge in [0, 0.05) is 25.2 Å². The molecule has 0 saturated carbocycles. The van der Waals surface area contributed by atoms with Crippen LogP contribution in [0.1, 0.15) is 17.3 Å². The van der Waals surface area contributed by atoms with Crippen LogP contribution in [0, 0.1) is 13.8 Å². The van der Waals surface area contributed by atoms with Crippen LogP contribution >= 0.6 is 0 Å². The highest BCUT2D eigenvalue weighted by atomic mass is 16.5.